The molecule has 24 heavy (non-hydrogen) atoms. The van der Waals surface area contributed by atoms with Crippen LogP contribution in [-0.2, 0) is 0 Å². The summed E-state index contributed by atoms with van der Waals surface area (Å²) < 4.78 is 0. The number of rotatable bonds is 6. The van der Waals surface area contributed by atoms with Gasteiger partial charge in [-0.1, -0.05) is 50.2 Å². The molecule has 0 aliphatic carbocycles. The van der Waals surface area contributed by atoms with Crippen molar-refractivity contribution in [2.45, 2.75) is 19.8 Å². The van der Waals surface area contributed by atoms with Crippen molar-refractivity contribution < 1.29 is 4.79 Å². The molecule has 0 saturated carbocycles. The van der Waals surface area contributed by atoms with E-state index in [-0.39, 0.29) is 5.91 Å². The van der Waals surface area contributed by atoms with Crippen molar-refractivity contribution in [3.05, 3.63) is 59.7 Å². The number of benzene rings is 2. The summed E-state index contributed by atoms with van der Waals surface area (Å²) in [6.07, 6.45) is 0. The molecule has 0 aliphatic heterocycles. The molecule has 0 unspecified atom stereocenters. The fourth-order valence-electron chi connectivity index (χ4n) is 2.56. The molecule has 2 aromatic carbocycles. The van der Waals surface area contributed by atoms with Gasteiger partial charge in [0, 0.05) is 25.7 Å². The van der Waals surface area contributed by atoms with Gasteiger partial charge in [-0.2, -0.15) is 0 Å². The Kier molecular flexibility index (Phi) is 6.16. The number of likely N-dealkylation sites (N-methyl/N-ethyl adjacent to an activating group) is 2. The smallest absolute Gasteiger partial charge is 0.253 e. The van der Waals surface area contributed by atoms with Crippen LogP contribution in [0.3, 0.4) is 0 Å². The minimum atomic E-state index is 0.0671. The average molecular weight is 324 g/mol. The zero-order valence-corrected chi connectivity index (χ0v) is 15.4. The van der Waals surface area contributed by atoms with Crippen LogP contribution in [0.5, 0.6) is 0 Å². The molecule has 3 nitrogen and oxygen atoms in total. The minimum absolute atomic E-state index is 0.0671. The maximum atomic E-state index is 12.6. The van der Waals surface area contributed by atoms with Gasteiger partial charge in [0.15, 0.2) is 0 Å². The van der Waals surface area contributed by atoms with E-state index < -0.39 is 0 Å². The van der Waals surface area contributed by atoms with E-state index in [4.69, 9.17) is 0 Å². The molecule has 128 valence electrons. The lowest BCUT2D eigenvalue weighted by atomic mass is 9.98. The molecule has 0 spiro atoms. The number of carbonyl (C=O) groups is 1. The second-order valence-electron chi connectivity index (χ2n) is 6.89. The predicted molar refractivity (Wildman–Crippen MR) is 101 cm³/mol. The van der Waals surface area contributed by atoms with Gasteiger partial charge in [0.2, 0.25) is 0 Å². The Bertz CT molecular complexity index is 674. The van der Waals surface area contributed by atoms with Crippen LogP contribution < -0.4 is 0 Å². The lowest BCUT2D eigenvalue weighted by Crippen LogP contribution is -2.33. The molecule has 0 heterocycles. The summed E-state index contributed by atoms with van der Waals surface area (Å²) in [7, 11) is 5.88. The number of hydrogen-bond acceptors (Lipinski definition) is 2. The van der Waals surface area contributed by atoms with Crippen molar-refractivity contribution >= 4 is 5.91 Å². The van der Waals surface area contributed by atoms with Crippen LogP contribution in [0.2, 0.25) is 0 Å². The van der Waals surface area contributed by atoms with Crippen molar-refractivity contribution in [3.63, 3.8) is 0 Å². The Labute approximate surface area is 145 Å². The Morgan fingerprint density at radius 3 is 2.17 bits per heavy atom. The minimum Gasteiger partial charge on any atom is -0.340 e. The van der Waals surface area contributed by atoms with Crippen LogP contribution in [0.25, 0.3) is 11.1 Å². The van der Waals surface area contributed by atoms with Crippen molar-refractivity contribution in [2.75, 3.05) is 34.2 Å². The van der Waals surface area contributed by atoms with Gasteiger partial charge in [0.25, 0.3) is 5.91 Å². The van der Waals surface area contributed by atoms with E-state index >= 15 is 0 Å². The molecule has 0 bridgehead atoms. The number of hydrogen-bond donors (Lipinski definition) is 0. The molecule has 0 fully saturated rings. The maximum Gasteiger partial charge on any atom is 0.253 e. The zero-order valence-electron chi connectivity index (χ0n) is 15.4. The van der Waals surface area contributed by atoms with Crippen LogP contribution in [0.1, 0.15) is 35.7 Å². The summed E-state index contributed by atoms with van der Waals surface area (Å²) in [4.78, 5) is 16.5. The Morgan fingerprint density at radius 1 is 0.917 bits per heavy atom. The highest BCUT2D eigenvalue weighted by Crippen LogP contribution is 2.23. The lowest BCUT2D eigenvalue weighted by molar-refractivity contribution is 0.0786. The number of carbonyl (C=O) groups excluding carboxylic acids is 1. The van der Waals surface area contributed by atoms with Crippen LogP contribution in [0.4, 0.5) is 0 Å². The van der Waals surface area contributed by atoms with Crippen LogP contribution >= 0.6 is 0 Å². The first-order valence-corrected chi connectivity index (χ1v) is 8.49. The van der Waals surface area contributed by atoms with E-state index in [1.165, 1.54) is 5.56 Å². The van der Waals surface area contributed by atoms with Gasteiger partial charge in [0.05, 0.1) is 0 Å². The van der Waals surface area contributed by atoms with Crippen LogP contribution in [-0.4, -0.2) is 49.9 Å². The topological polar surface area (TPSA) is 23.6 Å². The molecule has 0 saturated heterocycles. The van der Waals surface area contributed by atoms with Gasteiger partial charge in [-0.05, 0) is 48.8 Å². The molecule has 0 N–H and O–H groups in total. The van der Waals surface area contributed by atoms with Crippen molar-refractivity contribution in [2.24, 2.45) is 0 Å². The third kappa shape index (κ3) is 4.68. The largest absolute Gasteiger partial charge is 0.340 e. The number of amides is 1. The summed E-state index contributed by atoms with van der Waals surface area (Å²) in [6.45, 7) is 5.97. The first kappa shape index (κ1) is 18.2. The van der Waals surface area contributed by atoms with Gasteiger partial charge in [-0.3, -0.25) is 4.79 Å². The highest BCUT2D eigenvalue weighted by atomic mass is 16.2. The van der Waals surface area contributed by atoms with Crippen molar-refractivity contribution in [3.8, 4) is 11.1 Å². The van der Waals surface area contributed by atoms with Crippen molar-refractivity contribution in [1.29, 1.82) is 0 Å². The fourth-order valence-corrected chi connectivity index (χ4v) is 2.56. The molecule has 2 aromatic rings. The van der Waals surface area contributed by atoms with Crippen LogP contribution in [0, 0.1) is 0 Å². The molecule has 0 aliphatic rings. The van der Waals surface area contributed by atoms with Gasteiger partial charge in [-0.15, -0.1) is 0 Å². The van der Waals surface area contributed by atoms with E-state index in [1.54, 1.807) is 4.90 Å². The molecule has 0 radical (unpaired) electrons. The normalized spacial score (nSPS) is 11.1. The second-order valence-corrected chi connectivity index (χ2v) is 6.89. The highest BCUT2D eigenvalue weighted by molar-refractivity contribution is 5.95. The van der Waals surface area contributed by atoms with E-state index in [1.807, 2.05) is 39.3 Å². The molecule has 2 rings (SSSR count). The molecular weight excluding hydrogens is 296 g/mol. The maximum absolute atomic E-state index is 12.6. The zero-order chi connectivity index (χ0) is 17.7. The van der Waals surface area contributed by atoms with Crippen LogP contribution in [0.15, 0.2) is 48.5 Å². The quantitative estimate of drug-likeness (QED) is 0.798. The Balaban J connectivity index is 2.17. The fraction of sp³-hybridized carbons (Fsp3) is 0.381. The standard InChI is InChI=1S/C21H28N2O/c1-16(2)17-9-11-18(12-10-17)19-7-6-8-20(15-19)21(24)23(5)14-13-22(3)4/h6-12,15-16H,13-14H2,1-5H3. The SMILES string of the molecule is CC(C)c1ccc(-c2cccc(C(=O)N(C)CCN(C)C)c2)cc1. The summed E-state index contributed by atoms with van der Waals surface area (Å²) in [5.41, 5.74) is 4.29. The summed E-state index contributed by atoms with van der Waals surface area (Å²) in [5.74, 6) is 0.592. The second kappa shape index (κ2) is 8.11. The van der Waals surface area contributed by atoms with E-state index in [2.05, 4.69) is 49.1 Å². The monoisotopic (exact) mass is 324 g/mol. The average Bonchev–Trinajstić information content (AvgIpc) is 2.59. The first-order chi connectivity index (χ1) is 11.4. The molecule has 3 heteroatoms. The molecule has 0 atom stereocenters. The summed E-state index contributed by atoms with van der Waals surface area (Å²) in [5, 5.41) is 0. The first-order valence-electron chi connectivity index (χ1n) is 8.49. The molecule has 1 amide bonds. The van der Waals surface area contributed by atoms with E-state index in [0.29, 0.717) is 5.92 Å². The van der Waals surface area contributed by atoms with Gasteiger partial charge in [-0.25, -0.2) is 0 Å². The third-order valence-electron chi connectivity index (χ3n) is 4.25. The molecular formula is C21H28N2O. The lowest BCUT2D eigenvalue weighted by Gasteiger charge is -2.20. The van der Waals surface area contributed by atoms with E-state index in [0.717, 1.165) is 29.8 Å². The summed E-state index contributed by atoms with van der Waals surface area (Å²) >= 11 is 0. The number of nitrogens with zero attached hydrogens (tertiary/aromatic N) is 2. The predicted octanol–water partition coefficient (Wildman–Crippen LogP) is 4.11. The summed E-state index contributed by atoms with van der Waals surface area (Å²) in [6, 6.07) is 16.5. The van der Waals surface area contributed by atoms with Gasteiger partial charge < -0.3 is 9.80 Å². The van der Waals surface area contributed by atoms with E-state index in [9.17, 15) is 4.79 Å². The Hall–Kier alpha value is -2.13. The highest BCUT2D eigenvalue weighted by Gasteiger charge is 2.12. The van der Waals surface area contributed by atoms with Crippen molar-refractivity contribution in [1.82, 2.24) is 9.80 Å². The Morgan fingerprint density at radius 2 is 1.58 bits per heavy atom. The van der Waals surface area contributed by atoms with Gasteiger partial charge >= 0.3 is 0 Å². The molecule has 0 aromatic heterocycles. The third-order valence-corrected chi connectivity index (χ3v) is 4.25. The van der Waals surface area contributed by atoms with Gasteiger partial charge in [0.1, 0.15) is 0 Å².